The molecule has 0 fully saturated rings. The molecule has 0 saturated carbocycles. The number of hydrogen-bond donors (Lipinski definition) is 1. The molecule has 0 radical (unpaired) electrons. The molecule has 0 aliphatic rings. The number of nitrogens with one attached hydrogen (secondary N) is 1. The van der Waals surface area contributed by atoms with Gasteiger partial charge in [0.05, 0.1) is 13.2 Å². The minimum atomic E-state index is 0.613. The SMILES string of the molecule is CN(Cc1cc[nH]c1)OCc1ccccc1. The molecule has 0 atom stereocenters. The van der Waals surface area contributed by atoms with Crippen molar-refractivity contribution in [2.45, 2.75) is 13.2 Å². The first-order chi connectivity index (χ1) is 7.84. The van der Waals surface area contributed by atoms with E-state index in [-0.39, 0.29) is 0 Å². The fraction of sp³-hybridized carbons (Fsp3) is 0.231. The Morgan fingerprint density at radius 3 is 2.62 bits per heavy atom. The number of aromatic nitrogens is 1. The normalized spacial score (nSPS) is 10.9. The van der Waals surface area contributed by atoms with Crippen molar-refractivity contribution < 1.29 is 4.84 Å². The standard InChI is InChI=1S/C13H16N2O/c1-15(10-13-7-8-14-9-13)16-11-12-5-3-2-4-6-12/h2-9,14H,10-11H2,1H3. The van der Waals surface area contributed by atoms with Gasteiger partial charge in [-0.05, 0) is 17.2 Å². The van der Waals surface area contributed by atoms with Gasteiger partial charge < -0.3 is 4.98 Å². The molecule has 0 bridgehead atoms. The number of benzene rings is 1. The zero-order valence-electron chi connectivity index (χ0n) is 9.39. The van der Waals surface area contributed by atoms with Crippen molar-refractivity contribution in [2.75, 3.05) is 7.05 Å². The Kier molecular flexibility index (Phi) is 3.75. The van der Waals surface area contributed by atoms with E-state index in [1.807, 2.05) is 48.8 Å². The van der Waals surface area contributed by atoms with E-state index in [0.717, 1.165) is 6.54 Å². The smallest absolute Gasteiger partial charge is 0.0935 e. The highest BCUT2D eigenvalue weighted by molar-refractivity contribution is 5.13. The second kappa shape index (κ2) is 5.49. The lowest BCUT2D eigenvalue weighted by Gasteiger charge is -2.15. The highest BCUT2D eigenvalue weighted by atomic mass is 16.7. The number of hydroxylamine groups is 2. The molecule has 3 nitrogen and oxygen atoms in total. The largest absolute Gasteiger partial charge is 0.367 e. The van der Waals surface area contributed by atoms with Crippen LogP contribution in [0.15, 0.2) is 48.8 Å². The molecule has 1 heterocycles. The summed E-state index contributed by atoms with van der Waals surface area (Å²) >= 11 is 0. The van der Waals surface area contributed by atoms with Gasteiger partial charge in [0.15, 0.2) is 0 Å². The van der Waals surface area contributed by atoms with Gasteiger partial charge in [-0.25, -0.2) is 0 Å². The summed E-state index contributed by atoms with van der Waals surface area (Å²) in [6.07, 6.45) is 3.89. The van der Waals surface area contributed by atoms with Crippen LogP contribution < -0.4 is 0 Å². The maximum absolute atomic E-state index is 5.62. The van der Waals surface area contributed by atoms with Crippen LogP contribution in [0.2, 0.25) is 0 Å². The van der Waals surface area contributed by atoms with Gasteiger partial charge >= 0.3 is 0 Å². The van der Waals surface area contributed by atoms with Gasteiger partial charge in [0.2, 0.25) is 0 Å². The van der Waals surface area contributed by atoms with E-state index in [1.165, 1.54) is 11.1 Å². The molecule has 0 spiro atoms. The van der Waals surface area contributed by atoms with Crippen LogP contribution in [-0.4, -0.2) is 17.1 Å². The summed E-state index contributed by atoms with van der Waals surface area (Å²) in [7, 11) is 1.94. The van der Waals surface area contributed by atoms with Crippen LogP contribution >= 0.6 is 0 Å². The first-order valence-corrected chi connectivity index (χ1v) is 5.34. The van der Waals surface area contributed by atoms with Crippen LogP contribution in [0.5, 0.6) is 0 Å². The topological polar surface area (TPSA) is 28.3 Å². The van der Waals surface area contributed by atoms with Gasteiger partial charge in [-0.3, -0.25) is 4.84 Å². The predicted octanol–water partition coefficient (Wildman–Crippen LogP) is 2.58. The lowest BCUT2D eigenvalue weighted by Crippen LogP contribution is -2.17. The van der Waals surface area contributed by atoms with E-state index in [9.17, 15) is 0 Å². The van der Waals surface area contributed by atoms with E-state index < -0.39 is 0 Å². The molecular formula is C13H16N2O. The molecule has 0 saturated heterocycles. The van der Waals surface area contributed by atoms with Crippen LogP contribution in [0.1, 0.15) is 11.1 Å². The summed E-state index contributed by atoms with van der Waals surface area (Å²) in [4.78, 5) is 8.65. The van der Waals surface area contributed by atoms with E-state index in [1.54, 1.807) is 0 Å². The average Bonchev–Trinajstić information content (AvgIpc) is 2.81. The van der Waals surface area contributed by atoms with E-state index in [4.69, 9.17) is 4.84 Å². The van der Waals surface area contributed by atoms with Crippen molar-refractivity contribution in [1.82, 2.24) is 10.0 Å². The first kappa shape index (κ1) is 10.9. The molecule has 2 aromatic rings. The van der Waals surface area contributed by atoms with Gasteiger partial charge in [0.25, 0.3) is 0 Å². The van der Waals surface area contributed by atoms with Crippen LogP contribution in [0.4, 0.5) is 0 Å². The maximum Gasteiger partial charge on any atom is 0.0935 e. The summed E-state index contributed by atoms with van der Waals surface area (Å²) in [6.45, 7) is 1.40. The summed E-state index contributed by atoms with van der Waals surface area (Å²) in [5.74, 6) is 0. The van der Waals surface area contributed by atoms with Crippen molar-refractivity contribution in [3.63, 3.8) is 0 Å². The molecule has 0 unspecified atom stereocenters. The third kappa shape index (κ3) is 3.22. The monoisotopic (exact) mass is 216 g/mol. The highest BCUT2D eigenvalue weighted by Crippen LogP contribution is 2.05. The summed E-state index contributed by atoms with van der Waals surface area (Å²) in [5.41, 5.74) is 2.40. The molecular weight excluding hydrogens is 200 g/mol. The molecule has 84 valence electrons. The van der Waals surface area contributed by atoms with Gasteiger partial charge in [0, 0.05) is 19.4 Å². The van der Waals surface area contributed by atoms with Gasteiger partial charge in [0.1, 0.15) is 0 Å². The Hall–Kier alpha value is -1.58. The van der Waals surface area contributed by atoms with Gasteiger partial charge in [-0.15, -0.1) is 0 Å². The van der Waals surface area contributed by atoms with E-state index in [0.29, 0.717) is 6.61 Å². The number of hydrogen-bond acceptors (Lipinski definition) is 2. The van der Waals surface area contributed by atoms with Crippen molar-refractivity contribution in [1.29, 1.82) is 0 Å². The molecule has 1 aromatic carbocycles. The van der Waals surface area contributed by atoms with Gasteiger partial charge in [-0.2, -0.15) is 5.06 Å². The minimum absolute atomic E-state index is 0.613. The second-order valence-corrected chi connectivity index (χ2v) is 3.76. The summed E-state index contributed by atoms with van der Waals surface area (Å²) in [6, 6.07) is 12.2. The van der Waals surface area contributed by atoms with E-state index in [2.05, 4.69) is 17.1 Å². The summed E-state index contributed by atoms with van der Waals surface area (Å²) < 4.78 is 0. The van der Waals surface area contributed by atoms with Crippen LogP contribution in [0, 0.1) is 0 Å². The molecule has 0 aliphatic heterocycles. The van der Waals surface area contributed by atoms with Crippen molar-refractivity contribution >= 4 is 0 Å². The molecule has 0 amide bonds. The molecule has 2 rings (SSSR count). The number of nitrogens with zero attached hydrogens (tertiary/aromatic N) is 1. The van der Waals surface area contributed by atoms with Crippen molar-refractivity contribution in [2.24, 2.45) is 0 Å². The van der Waals surface area contributed by atoms with Crippen LogP contribution in [-0.2, 0) is 18.0 Å². The van der Waals surface area contributed by atoms with Crippen LogP contribution in [0.3, 0.4) is 0 Å². The zero-order chi connectivity index (χ0) is 11.2. The van der Waals surface area contributed by atoms with Gasteiger partial charge in [-0.1, -0.05) is 30.3 Å². The number of H-pyrrole nitrogens is 1. The molecule has 16 heavy (non-hydrogen) atoms. The lowest BCUT2D eigenvalue weighted by atomic mass is 10.2. The molecule has 3 heteroatoms. The first-order valence-electron chi connectivity index (χ1n) is 5.34. The Morgan fingerprint density at radius 1 is 1.12 bits per heavy atom. The Labute approximate surface area is 95.6 Å². The van der Waals surface area contributed by atoms with E-state index >= 15 is 0 Å². The molecule has 1 aromatic heterocycles. The quantitative estimate of drug-likeness (QED) is 0.778. The Bertz CT molecular complexity index is 397. The average molecular weight is 216 g/mol. The predicted molar refractivity (Wildman–Crippen MR) is 63.5 cm³/mol. The minimum Gasteiger partial charge on any atom is -0.367 e. The maximum atomic E-state index is 5.62. The van der Waals surface area contributed by atoms with Crippen molar-refractivity contribution in [3.8, 4) is 0 Å². The molecule has 1 N–H and O–H groups in total. The summed E-state index contributed by atoms with van der Waals surface area (Å²) in [5, 5.41) is 1.84. The fourth-order valence-corrected chi connectivity index (χ4v) is 1.52. The number of rotatable bonds is 5. The lowest BCUT2D eigenvalue weighted by molar-refractivity contribution is -0.157. The zero-order valence-corrected chi connectivity index (χ0v) is 9.39. The van der Waals surface area contributed by atoms with Crippen LogP contribution in [0.25, 0.3) is 0 Å². The fourth-order valence-electron chi connectivity index (χ4n) is 1.52. The third-order valence-electron chi connectivity index (χ3n) is 2.36. The van der Waals surface area contributed by atoms with Crippen molar-refractivity contribution in [3.05, 3.63) is 59.9 Å². The highest BCUT2D eigenvalue weighted by Gasteiger charge is 2.01. The Balaban J connectivity index is 1.78. The third-order valence-corrected chi connectivity index (χ3v) is 2.36. The second-order valence-electron chi connectivity index (χ2n) is 3.76. The number of aromatic amines is 1. The Morgan fingerprint density at radius 2 is 1.94 bits per heavy atom. The molecule has 0 aliphatic carbocycles.